The predicted octanol–water partition coefficient (Wildman–Crippen LogP) is 0.232. The third kappa shape index (κ3) is 4.75. The zero-order chi connectivity index (χ0) is 28.6. The first-order valence-corrected chi connectivity index (χ1v) is 13.9. The number of anilines is 1. The molecular weight excluding hydrogens is 562 g/mol. The van der Waals surface area contributed by atoms with Crippen LogP contribution in [0.5, 0.6) is 0 Å². The molecule has 2 atom stereocenters. The summed E-state index contributed by atoms with van der Waals surface area (Å²) in [4.78, 5) is 61.3. The minimum Gasteiger partial charge on any atom is -0.477 e. The number of carboxylic acids is 1. The molecule has 3 aromatic rings. The fourth-order valence-electron chi connectivity index (χ4n) is 4.54. The fraction of sp³-hybridized carbons (Fsp3) is 0.292. The zero-order valence-electron chi connectivity index (χ0n) is 21.3. The number of carbonyl (C=O) groups is 4. The van der Waals surface area contributed by atoms with Crippen molar-refractivity contribution in [2.24, 2.45) is 5.16 Å². The van der Waals surface area contributed by atoms with Gasteiger partial charge in [-0.2, -0.15) is 0 Å². The number of ether oxygens (including phenoxy) is 1. The largest absolute Gasteiger partial charge is 0.477 e. The van der Waals surface area contributed by atoms with Crippen LogP contribution in [0.2, 0.25) is 0 Å². The fourth-order valence-corrected chi connectivity index (χ4v) is 6.42. The molecule has 0 bridgehead atoms. The average Bonchev–Trinajstić information content (AvgIpc) is 3.53. The minimum atomic E-state index is -1.29. The van der Waals surface area contributed by atoms with Crippen LogP contribution in [-0.4, -0.2) is 79.9 Å². The molecule has 2 amide bonds. The van der Waals surface area contributed by atoms with E-state index in [-0.39, 0.29) is 46.8 Å². The number of thioether (sulfide) groups is 1. The molecule has 2 aliphatic heterocycles. The molecule has 5 heterocycles. The Morgan fingerprint density at radius 1 is 1.35 bits per heavy atom. The van der Waals surface area contributed by atoms with Crippen molar-refractivity contribution < 1.29 is 38.3 Å². The number of nitrogens with two attached hydrogens (primary N) is 1. The molecule has 0 spiro atoms. The van der Waals surface area contributed by atoms with Gasteiger partial charge in [0.1, 0.15) is 36.5 Å². The SMILES string of the molecule is CCOC(=O)c1c[n+]2ccccc2n1CC1=C(C(=O)O)N2C(=O)[C@@H](NC(=O)/C(=N\OC)c3csc(N)n3)[C@H]2SC1. The highest BCUT2D eigenvalue weighted by molar-refractivity contribution is 8.00. The number of pyridine rings is 1. The van der Waals surface area contributed by atoms with E-state index >= 15 is 0 Å². The number of hydrogen-bond acceptors (Lipinski definition) is 11. The van der Waals surface area contributed by atoms with Crippen molar-refractivity contribution >= 4 is 63.3 Å². The number of imidazole rings is 1. The molecule has 0 radical (unpaired) electrons. The molecule has 0 aromatic carbocycles. The summed E-state index contributed by atoms with van der Waals surface area (Å²) in [5.74, 6) is -2.91. The molecular formula is C24H24N7O7S2+. The number of rotatable bonds is 9. The number of thiazole rings is 1. The Hall–Kier alpha value is -4.44. The summed E-state index contributed by atoms with van der Waals surface area (Å²) >= 11 is 2.41. The molecule has 2 aliphatic rings. The number of oxime groups is 1. The van der Waals surface area contributed by atoms with Gasteiger partial charge in [-0.25, -0.2) is 23.5 Å². The molecule has 14 nitrogen and oxygen atoms in total. The van der Waals surface area contributed by atoms with Crippen LogP contribution < -0.4 is 15.5 Å². The van der Waals surface area contributed by atoms with E-state index in [1.54, 1.807) is 46.5 Å². The van der Waals surface area contributed by atoms with Gasteiger partial charge in [0, 0.05) is 22.8 Å². The van der Waals surface area contributed by atoms with Crippen molar-refractivity contribution in [1.29, 1.82) is 0 Å². The Bertz CT molecular complexity index is 1590. The van der Waals surface area contributed by atoms with Gasteiger partial charge in [0.25, 0.3) is 23.2 Å². The predicted molar refractivity (Wildman–Crippen MR) is 143 cm³/mol. The second kappa shape index (κ2) is 11.0. The summed E-state index contributed by atoms with van der Waals surface area (Å²) in [5, 5.41) is 17.6. The Balaban J connectivity index is 1.42. The van der Waals surface area contributed by atoms with Gasteiger partial charge in [-0.15, -0.1) is 23.1 Å². The van der Waals surface area contributed by atoms with Gasteiger partial charge in [-0.05, 0) is 13.0 Å². The van der Waals surface area contributed by atoms with E-state index in [2.05, 4.69) is 15.5 Å². The third-order valence-electron chi connectivity index (χ3n) is 6.23. The zero-order valence-corrected chi connectivity index (χ0v) is 22.9. The van der Waals surface area contributed by atoms with E-state index in [1.807, 2.05) is 0 Å². The third-order valence-corrected chi connectivity index (χ3v) is 8.24. The number of aliphatic carboxylic acids is 1. The molecule has 40 heavy (non-hydrogen) atoms. The normalized spacial score (nSPS) is 18.8. The van der Waals surface area contributed by atoms with E-state index in [0.29, 0.717) is 11.2 Å². The van der Waals surface area contributed by atoms with Crippen LogP contribution >= 0.6 is 23.1 Å². The molecule has 3 aromatic heterocycles. The van der Waals surface area contributed by atoms with Gasteiger partial charge in [0.15, 0.2) is 17.0 Å². The van der Waals surface area contributed by atoms with Crippen LogP contribution in [0.1, 0.15) is 23.1 Å². The van der Waals surface area contributed by atoms with Gasteiger partial charge >= 0.3 is 11.9 Å². The first-order chi connectivity index (χ1) is 19.2. The molecule has 4 N–H and O–H groups in total. The highest BCUT2D eigenvalue weighted by Gasteiger charge is 2.54. The number of fused-ring (bicyclic) bond motifs is 2. The Morgan fingerprint density at radius 2 is 2.15 bits per heavy atom. The number of esters is 1. The number of hydrogen-bond donors (Lipinski definition) is 3. The summed E-state index contributed by atoms with van der Waals surface area (Å²) in [6.07, 6.45) is 3.38. The Labute approximate surface area is 235 Å². The summed E-state index contributed by atoms with van der Waals surface area (Å²) < 4.78 is 8.60. The lowest BCUT2D eigenvalue weighted by atomic mass is 10.0. The number of β-lactam (4-membered cyclic amide) rings is 1. The second-order valence-corrected chi connectivity index (χ2v) is 10.6. The highest BCUT2D eigenvalue weighted by Crippen LogP contribution is 2.41. The van der Waals surface area contributed by atoms with Gasteiger partial charge in [-0.1, -0.05) is 11.2 Å². The quantitative estimate of drug-likeness (QED) is 0.103. The second-order valence-electron chi connectivity index (χ2n) is 8.60. The average molecular weight is 587 g/mol. The van der Waals surface area contributed by atoms with Crippen LogP contribution in [0.15, 0.2) is 52.4 Å². The lowest BCUT2D eigenvalue weighted by molar-refractivity contribution is -0.510. The maximum atomic E-state index is 13.2. The number of nitrogens with one attached hydrogen (secondary N) is 1. The summed E-state index contributed by atoms with van der Waals surface area (Å²) in [6, 6.07) is 4.39. The van der Waals surface area contributed by atoms with E-state index in [9.17, 15) is 24.3 Å². The number of amides is 2. The molecule has 0 aliphatic carbocycles. The maximum absolute atomic E-state index is 13.2. The highest BCUT2D eigenvalue weighted by atomic mass is 32.2. The number of carboxylic acid groups (broad SMARTS) is 1. The molecule has 208 valence electrons. The monoisotopic (exact) mass is 586 g/mol. The van der Waals surface area contributed by atoms with Crippen molar-refractivity contribution in [2.45, 2.75) is 24.9 Å². The first kappa shape index (κ1) is 27.1. The van der Waals surface area contributed by atoms with Crippen LogP contribution in [-0.2, 0) is 30.5 Å². The lowest BCUT2D eigenvalue weighted by Gasteiger charge is -2.49. The standard InChI is InChI=1S/C24H23N7O7S2/c1-3-38-23(36)14-9-29-7-5-4-6-15(29)30(14)8-12-10-39-21-17(20(33)31(21)18(12)22(34)35)27-19(32)16(28-37-2)13-11-40-24(25)26-13/h4-7,9,11,17,21H,3,8,10H2,1-2H3,(H3-,25,26,27,32,34,35)/p+1/b28-16-/t17-,21-/m1/s1. The van der Waals surface area contributed by atoms with Gasteiger partial charge in [0.05, 0.1) is 12.8 Å². The molecule has 0 saturated carbocycles. The topological polar surface area (TPSA) is 183 Å². The van der Waals surface area contributed by atoms with E-state index in [4.69, 9.17) is 15.3 Å². The van der Waals surface area contributed by atoms with Crippen LogP contribution in [0.3, 0.4) is 0 Å². The van der Waals surface area contributed by atoms with E-state index in [0.717, 1.165) is 16.2 Å². The molecule has 0 unspecified atom stereocenters. The maximum Gasteiger partial charge on any atom is 0.382 e. The van der Waals surface area contributed by atoms with Gasteiger partial charge in [0.2, 0.25) is 0 Å². The van der Waals surface area contributed by atoms with Crippen LogP contribution in [0, 0.1) is 0 Å². The summed E-state index contributed by atoms with van der Waals surface area (Å²) in [6.45, 7) is 1.91. The number of nitrogen functional groups attached to an aromatic ring is 1. The minimum absolute atomic E-state index is 0.0344. The number of nitrogens with zero attached hydrogens (tertiary/aromatic N) is 5. The molecule has 16 heteroatoms. The number of aromatic nitrogens is 3. The van der Waals surface area contributed by atoms with Gasteiger partial charge < -0.3 is 25.7 Å². The Kier molecular flexibility index (Phi) is 7.44. The summed E-state index contributed by atoms with van der Waals surface area (Å²) in [7, 11) is 1.27. The van der Waals surface area contributed by atoms with E-state index in [1.165, 1.54) is 24.3 Å². The number of carbonyl (C=O) groups excluding carboxylic acids is 3. The molecule has 1 saturated heterocycles. The van der Waals surface area contributed by atoms with Crippen molar-refractivity contribution in [2.75, 3.05) is 25.2 Å². The van der Waals surface area contributed by atoms with Crippen molar-refractivity contribution in [3.05, 3.63) is 58.6 Å². The van der Waals surface area contributed by atoms with Crippen molar-refractivity contribution in [3.8, 4) is 0 Å². The molecule has 5 rings (SSSR count). The smallest absolute Gasteiger partial charge is 0.382 e. The van der Waals surface area contributed by atoms with Crippen LogP contribution in [0.25, 0.3) is 5.65 Å². The van der Waals surface area contributed by atoms with Gasteiger partial charge in [-0.3, -0.25) is 14.5 Å². The van der Waals surface area contributed by atoms with Crippen molar-refractivity contribution in [1.82, 2.24) is 19.8 Å². The van der Waals surface area contributed by atoms with Crippen LogP contribution in [0.4, 0.5) is 5.13 Å². The Morgan fingerprint density at radius 3 is 2.83 bits per heavy atom. The lowest BCUT2D eigenvalue weighted by Crippen LogP contribution is -2.71. The van der Waals surface area contributed by atoms with E-state index < -0.39 is 35.2 Å². The summed E-state index contributed by atoms with van der Waals surface area (Å²) in [5.41, 5.74) is 6.81. The first-order valence-electron chi connectivity index (χ1n) is 11.9. The molecule has 1 fully saturated rings. The van der Waals surface area contributed by atoms with Crippen molar-refractivity contribution in [3.63, 3.8) is 0 Å².